The highest BCUT2D eigenvalue weighted by atomic mass is 35.7. The Hall–Kier alpha value is 0.00688. The van der Waals surface area contributed by atoms with E-state index in [0.29, 0.717) is 12.2 Å². The summed E-state index contributed by atoms with van der Waals surface area (Å²) in [4.78, 5) is 11.0. The molecule has 0 aliphatic carbocycles. The van der Waals surface area contributed by atoms with Crippen molar-refractivity contribution in [1.29, 1.82) is 0 Å². The van der Waals surface area contributed by atoms with Crippen molar-refractivity contribution in [2.75, 3.05) is 6.61 Å². The third kappa shape index (κ3) is 10.5. The van der Waals surface area contributed by atoms with Crippen LogP contribution in [0.15, 0.2) is 12.2 Å². The molecular weight excluding hydrogens is 263 g/mol. The van der Waals surface area contributed by atoms with E-state index in [1.54, 1.807) is 6.92 Å². The molecule has 0 N–H and O–H groups in total. The maximum Gasteiger partial charge on any atom is 0.333 e. The lowest BCUT2D eigenvalue weighted by Gasteiger charge is -2.09. The van der Waals surface area contributed by atoms with Gasteiger partial charge in [0.1, 0.15) is 0 Å². The summed E-state index contributed by atoms with van der Waals surface area (Å²) in [5, 5.41) is 0. The molecule has 0 unspecified atom stereocenters. The van der Waals surface area contributed by atoms with E-state index < -0.39 is 6.69 Å². The van der Waals surface area contributed by atoms with Crippen molar-refractivity contribution in [2.24, 2.45) is 0 Å². The van der Waals surface area contributed by atoms with Gasteiger partial charge in [-0.15, -0.1) is 22.2 Å². The molecule has 94 valence electrons. The first-order valence-electron chi connectivity index (χ1n) is 5.53. The minimum atomic E-state index is -1.91. The van der Waals surface area contributed by atoms with Gasteiger partial charge in [-0.05, 0) is 25.9 Å². The fourth-order valence-electron chi connectivity index (χ4n) is 1.18. The van der Waals surface area contributed by atoms with Crippen molar-refractivity contribution in [3.63, 3.8) is 0 Å². The monoisotopic (exact) mass is 282 g/mol. The molecule has 0 aromatic carbocycles. The Labute approximate surface area is 108 Å². The van der Waals surface area contributed by atoms with Gasteiger partial charge in [-0.2, -0.15) is 0 Å². The lowest BCUT2D eigenvalue weighted by molar-refractivity contribution is -0.139. The van der Waals surface area contributed by atoms with Crippen LogP contribution < -0.4 is 0 Å². The number of halogens is 2. The largest absolute Gasteiger partial charge is 0.462 e. The van der Waals surface area contributed by atoms with Gasteiger partial charge in [-0.25, -0.2) is 4.79 Å². The molecule has 2 nitrogen and oxygen atoms in total. The van der Waals surface area contributed by atoms with Crippen LogP contribution in [0.5, 0.6) is 0 Å². The van der Waals surface area contributed by atoms with Crippen LogP contribution in [-0.4, -0.2) is 19.3 Å². The van der Waals surface area contributed by atoms with Gasteiger partial charge < -0.3 is 4.74 Å². The molecule has 0 atom stereocenters. The van der Waals surface area contributed by atoms with E-state index in [2.05, 4.69) is 6.58 Å². The van der Waals surface area contributed by atoms with Crippen LogP contribution in [0.2, 0.25) is 12.6 Å². The number of ether oxygens (including phenoxy) is 1. The van der Waals surface area contributed by atoms with Gasteiger partial charge in [0.05, 0.1) is 6.61 Å². The molecule has 0 heterocycles. The van der Waals surface area contributed by atoms with Crippen molar-refractivity contribution >= 4 is 34.8 Å². The fraction of sp³-hybridized carbons (Fsp3) is 0.727. The second-order valence-electron chi connectivity index (χ2n) is 4.15. The molecule has 0 aromatic rings. The van der Waals surface area contributed by atoms with E-state index in [1.807, 2.05) is 6.55 Å². The fourth-order valence-corrected chi connectivity index (χ4v) is 2.85. The van der Waals surface area contributed by atoms with Crippen LogP contribution >= 0.6 is 22.2 Å². The Bertz CT molecular complexity index is 237. The average Bonchev–Trinajstić information content (AvgIpc) is 2.14. The third-order valence-corrected chi connectivity index (χ3v) is 4.46. The number of carbonyl (C=O) groups excluding carboxylic acids is 1. The topological polar surface area (TPSA) is 26.3 Å². The van der Waals surface area contributed by atoms with Crippen LogP contribution in [0.25, 0.3) is 0 Å². The highest BCUT2D eigenvalue weighted by molar-refractivity contribution is 7.44. The number of hydrogen-bond donors (Lipinski definition) is 0. The van der Waals surface area contributed by atoms with Crippen molar-refractivity contribution in [3.05, 3.63) is 12.2 Å². The average molecular weight is 283 g/mol. The van der Waals surface area contributed by atoms with Gasteiger partial charge >= 0.3 is 5.97 Å². The molecule has 0 saturated carbocycles. The first kappa shape index (κ1) is 16.0. The maximum absolute atomic E-state index is 11.0. The maximum atomic E-state index is 11.0. The smallest absolute Gasteiger partial charge is 0.333 e. The van der Waals surface area contributed by atoms with E-state index in [-0.39, 0.29) is 5.97 Å². The van der Waals surface area contributed by atoms with E-state index in [1.165, 1.54) is 0 Å². The molecule has 0 rings (SSSR count). The Morgan fingerprint density at radius 2 is 1.81 bits per heavy atom. The Kier molecular flexibility index (Phi) is 8.15. The molecule has 0 aliphatic rings. The summed E-state index contributed by atoms with van der Waals surface area (Å²) in [5.41, 5.74) is 0.450. The van der Waals surface area contributed by atoms with Crippen LogP contribution in [0.3, 0.4) is 0 Å². The highest BCUT2D eigenvalue weighted by Gasteiger charge is 2.19. The summed E-state index contributed by atoms with van der Waals surface area (Å²) >= 11 is 11.9. The van der Waals surface area contributed by atoms with Crippen LogP contribution in [0, 0.1) is 0 Å². The Morgan fingerprint density at radius 1 is 1.25 bits per heavy atom. The number of unbranched alkanes of at least 4 members (excludes halogenated alkanes) is 3. The van der Waals surface area contributed by atoms with Gasteiger partial charge in [0.15, 0.2) is 0 Å². The number of esters is 1. The molecular formula is C11H20Cl2O2Si. The summed E-state index contributed by atoms with van der Waals surface area (Å²) in [6.07, 6.45) is 4.08. The lowest BCUT2D eigenvalue weighted by atomic mass is 10.2. The van der Waals surface area contributed by atoms with Gasteiger partial charge in [0, 0.05) is 5.57 Å². The van der Waals surface area contributed by atoms with Gasteiger partial charge in [-0.1, -0.05) is 25.8 Å². The predicted octanol–water partition coefficient (Wildman–Crippen LogP) is 4.22. The van der Waals surface area contributed by atoms with Crippen LogP contribution in [-0.2, 0) is 9.53 Å². The standard InChI is InChI=1S/C11H20Cl2O2Si/c1-10(2)11(14)15-8-6-4-5-7-9-16(3,12)13/h1,4-9H2,2-3H3. The van der Waals surface area contributed by atoms with E-state index in [9.17, 15) is 4.79 Å². The van der Waals surface area contributed by atoms with E-state index in [0.717, 1.165) is 31.7 Å². The lowest BCUT2D eigenvalue weighted by Crippen LogP contribution is -2.11. The minimum Gasteiger partial charge on any atom is -0.462 e. The van der Waals surface area contributed by atoms with Crippen LogP contribution in [0.1, 0.15) is 32.6 Å². The van der Waals surface area contributed by atoms with E-state index in [4.69, 9.17) is 26.9 Å². The van der Waals surface area contributed by atoms with Gasteiger partial charge in [0.25, 0.3) is 0 Å². The summed E-state index contributed by atoms with van der Waals surface area (Å²) in [6.45, 7) is 5.66. The SMILES string of the molecule is C=C(C)C(=O)OCCCCCC[Si](C)(Cl)Cl. The highest BCUT2D eigenvalue weighted by Crippen LogP contribution is 2.22. The molecule has 0 fully saturated rings. The molecule has 0 amide bonds. The zero-order valence-electron chi connectivity index (χ0n) is 10.0. The summed E-state index contributed by atoms with van der Waals surface area (Å²) < 4.78 is 4.97. The molecule has 0 bridgehead atoms. The molecule has 16 heavy (non-hydrogen) atoms. The third-order valence-electron chi connectivity index (χ3n) is 2.09. The Balaban J connectivity index is 3.29. The molecule has 0 radical (unpaired) electrons. The Morgan fingerprint density at radius 3 is 2.31 bits per heavy atom. The molecule has 0 aromatic heterocycles. The summed E-state index contributed by atoms with van der Waals surface area (Å²) in [5.74, 6) is -0.304. The second-order valence-corrected chi connectivity index (χ2v) is 12.4. The molecule has 0 saturated heterocycles. The first-order valence-corrected chi connectivity index (χ1v) is 10.3. The normalized spacial score (nSPS) is 11.2. The minimum absolute atomic E-state index is 0.304. The van der Waals surface area contributed by atoms with E-state index >= 15 is 0 Å². The second kappa shape index (κ2) is 8.15. The molecule has 0 aliphatic heterocycles. The molecule has 0 spiro atoms. The number of hydrogen-bond acceptors (Lipinski definition) is 2. The van der Waals surface area contributed by atoms with Crippen molar-refractivity contribution in [3.8, 4) is 0 Å². The van der Waals surface area contributed by atoms with Crippen molar-refractivity contribution in [2.45, 2.75) is 45.2 Å². The van der Waals surface area contributed by atoms with Gasteiger partial charge in [-0.3, -0.25) is 0 Å². The number of rotatable bonds is 8. The first-order chi connectivity index (χ1) is 7.33. The zero-order chi connectivity index (χ0) is 12.6. The quantitative estimate of drug-likeness (QED) is 0.219. The van der Waals surface area contributed by atoms with Crippen molar-refractivity contribution in [1.82, 2.24) is 0 Å². The molecule has 5 heteroatoms. The summed E-state index contributed by atoms with van der Waals surface area (Å²) in [6, 6.07) is 0.932. The van der Waals surface area contributed by atoms with Crippen LogP contribution in [0.4, 0.5) is 0 Å². The zero-order valence-corrected chi connectivity index (χ0v) is 12.5. The van der Waals surface area contributed by atoms with Gasteiger partial charge in [0.2, 0.25) is 6.69 Å². The summed E-state index contributed by atoms with van der Waals surface area (Å²) in [7, 11) is 0. The van der Waals surface area contributed by atoms with Crippen molar-refractivity contribution < 1.29 is 9.53 Å². The predicted molar refractivity (Wildman–Crippen MR) is 72.4 cm³/mol. The number of carbonyl (C=O) groups is 1.